The molecule has 0 aromatic carbocycles. The van der Waals surface area contributed by atoms with Crippen molar-refractivity contribution in [3.05, 3.63) is 34.1 Å². The normalized spacial score (nSPS) is 21.7. The molecule has 1 aliphatic heterocycles. The van der Waals surface area contributed by atoms with Crippen LogP contribution in [0.5, 0.6) is 0 Å². The van der Waals surface area contributed by atoms with Gasteiger partial charge in [-0.15, -0.1) is 0 Å². The molecule has 1 saturated carbocycles. The zero-order valence-corrected chi connectivity index (χ0v) is 12.2. The Bertz CT molecular complexity index is 424. The summed E-state index contributed by atoms with van der Waals surface area (Å²) in [5.41, 5.74) is 2.64. The molecular weight excluding hydrogens is 288 g/mol. The van der Waals surface area contributed by atoms with Crippen LogP contribution in [0.1, 0.15) is 37.8 Å². The number of aromatic nitrogens is 1. The van der Waals surface area contributed by atoms with E-state index in [-0.39, 0.29) is 0 Å². The van der Waals surface area contributed by atoms with Crippen LogP contribution in [0.15, 0.2) is 28.4 Å². The Kier molecular flexibility index (Phi) is 3.80. The quantitative estimate of drug-likeness (QED) is 0.824. The maximum atomic E-state index is 4.42. The van der Waals surface area contributed by atoms with E-state index in [4.69, 9.17) is 0 Å². The first-order chi connectivity index (χ1) is 8.81. The van der Waals surface area contributed by atoms with Crippen LogP contribution in [0.2, 0.25) is 0 Å². The summed E-state index contributed by atoms with van der Waals surface area (Å²) in [6.45, 7) is 2.49. The van der Waals surface area contributed by atoms with Gasteiger partial charge >= 0.3 is 0 Å². The van der Waals surface area contributed by atoms with E-state index in [0.29, 0.717) is 0 Å². The van der Waals surface area contributed by atoms with Crippen molar-refractivity contribution in [3.8, 4) is 0 Å². The minimum absolute atomic E-state index is 0.900. The van der Waals surface area contributed by atoms with Crippen LogP contribution >= 0.6 is 15.9 Å². The third kappa shape index (κ3) is 2.83. The number of hydrogen-bond donors (Lipinski definition) is 0. The summed E-state index contributed by atoms with van der Waals surface area (Å²) < 4.78 is 1.05. The van der Waals surface area contributed by atoms with Gasteiger partial charge in [0.1, 0.15) is 0 Å². The Hall–Kier alpha value is -0.670. The zero-order chi connectivity index (χ0) is 12.4. The largest absolute Gasteiger partial charge is 0.300 e. The second kappa shape index (κ2) is 5.54. The maximum absolute atomic E-state index is 4.42. The van der Waals surface area contributed by atoms with Crippen molar-refractivity contribution < 1.29 is 0 Å². The van der Waals surface area contributed by atoms with Crippen molar-refractivity contribution in [1.82, 2.24) is 9.88 Å². The Morgan fingerprint density at radius 1 is 1.22 bits per heavy atom. The molecule has 3 rings (SSSR count). The van der Waals surface area contributed by atoms with E-state index < -0.39 is 0 Å². The van der Waals surface area contributed by atoms with Crippen LogP contribution in [0.25, 0.3) is 6.08 Å². The molecular formula is C15H19BrN2. The third-order valence-corrected chi connectivity index (χ3v) is 4.60. The minimum atomic E-state index is 0.900. The molecule has 2 fully saturated rings. The van der Waals surface area contributed by atoms with Crippen LogP contribution in [0.3, 0.4) is 0 Å². The van der Waals surface area contributed by atoms with Gasteiger partial charge in [-0.05, 0) is 59.8 Å². The molecule has 0 N–H and O–H groups in total. The highest BCUT2D eigenvalue weighted by Gasteiger charge is 2.26. The molecule has 3 heteroatoms. The molecule has 0 radical (unpaired) electrons. The molecule has 2 aliphatic rings. The van der Waals surface area contributed by atoms with Crippen molar-refractivity contribution in [2.24, 2.45) is 0 Å². The lowest BCUT2D eigenvalue weighted by atomic mass is 9.89. The fourth-order valence-corrected chi connectivity index (χ4v) is 2.99. The minimum Gasteiger partial charge on any atom is -0.300 e. The number of pyridine rings is 1. The van der Waals surface area contributed by atoms with Crippen molar-refractivity contribution in [2.45, 2.75) is 38.1 Å². The van der Waals surface area contributed by atoms with Crippen LogP contribution in [0, 0.1) is 0 Å². The molecule has 0 amide bonds. The number of hydrogen-bond acceptors (Lipinski definition) is 2. The van der Waals surface area contributed by atoms with Crippen LogP contribution in [0.4, 0.5) is 0 Å². The lowest BCUT2D eigenvalue weighted by Gasteiger charge is -2.40. The van der Waals surface area contributed by atoms with Crippen LogP contribution < -0.4 is 0 Å². The van der Waals surface area contributed by atoms with E-state index >= 15 is 0 Å². The van der Waals surface area contributed by atoms with Gasteiger partial charge in [-0.25, -0.2) is 0 Å². The Balaban J connectivity index is 1.59. The van der Waals surface area contributed by atoms with Gasteiger partial charge in [0.25, 0.3) is 0 Å². The SMILES string of the molecule is Brc1ccc(C=C2CCN(C3CCC3)CC2)nc1. The second-order valence-corrected chi connectivity index (χ2v) is 6.24. The summed E-state index contributed by atoms with van der Waals surface area (Å²) in [6.07, 6.45) is 10.9. The maximum Gasteiger partial charge on any atom is 0.0630 e. The van der Waals surface area contributed by atoms with E-state index in [1.807, 2.05) is 6.20 Å². The summed E-state index contributed by atoms with van der Waals surface area (Å²) in [5.74, 6) is 0. The van der Waals surface area contributed by atoms with Crippen molar-refractivity contribution in [2.75, 3.05) is 13.1 Å². The lowest BCUT2D eigenvalue weighted by Crippen LogP contribution is -2.43. The number of likely N-dealkylation sites (tertiary alicyclic amines) is 1. The van der Waals surface area contributed by atoms with E-state index in [2.05, 4.69) is 44.0 Å². The van der Waals surface area contributed by atoms with E-state index in [1.165, 1.54) is 45.2 Å². The Morgan fingerprint density at radius 2 is 2.00 bits per heavy atom. The summed E-state index contributed by atoms with van der Waals surface area (Å²) in [6, 6.07) is 5.04. The summed E-state index contributed by atoms with van der Waals surface area (Å²) in [7, 11) is 0. The molecule has 2 nitrogen and oxygen atoms in total. The molecule has 2 heterocycles. The van der Waals surface area contributed by atoms with Crippen molar-refractivity contribution >= 4 is 22.0 Å². The smallest absolute Gasteiger partial charge is 0.0630 e. The highest BCUT2D eigenvalue weighted by Crippen LogP contribution is 2.29. The van der Waals surface area contributed by atoms with Gasteiger partial charge in [0.2, 0.25) is 0 Å². The zero-order valence-electron chi connectivity index (χ0n) is 10.6. The molecule has 1 aliphatic carbocycles. The molecule has 0 spiro atoms. The first-order valence-electron chi connectivity index (χ1n) is 6.86. The number of nitrogens with zero attached hydrogens (tertiary/aromatic N) is 2. The van der Waals surface area contributed by atoms with E-state index in [9.17, 15) is 0 Å². The second-order valence-electron chi connectivity index (χ2n) is 5.32. The van der Waals surface area contributed by atoms with Crippen molar-refractivity contribution in [3.63, 3.8) is 0 Å². The van der Waals surface area contributed by atoms with Crippen molar-refractivity contribution in [1.29, 1.82) is 0 Å². The molecule has 18 heavy (non-hydrogen) atoms. The summed E-state index contributed by atoms with van der Waals surface area (Å²) in [4.78, 5) is 7.09. The molecule has 0 atom stereocenters. The topological polar surface area (TPSA) is 16.1 Å². The molecule has 96 valence electrons. The first-order valence-corrected chi connectivity index (χ1v) is 7.65. The highest BCUT2D eigenvalue weighted by molar-refractivity contribution is 9.10. The van der Waals surface area contributed by atoms with Gasteiger partial charge in [-0.1, -0.05) is 12.0 Å². The fraction of sp³-hybridized carbons (Fsp3) is 0.533. The predicted molar refractivity (Wildman–Crippen MR) is 78.4 cm³/mol. The van der Waals surface area contributed by atoms with Gasteiger partial charge in [0.15, 0.2) is 0 Å². The van der Waals surface area contributed by atoms with Gasteiger partial charge in [-0.3, -0.25) is 9.88 Å². The average Bonchev–Trinajstić information content (AvgIpc) is 2.32. The van der Waals surface area contributed by atoms with Gasteiger partial charge in [0, 0.05) is 29.8 Å². The van der Waals surface area contributed by atoms with E-state index in [0.717, 1.165) is 16.2 Å². The molecule has 1 aromatic rings. The predicted octanol–water partition coefficient (Wildman–Crippen LogP) is 3.88. The Morgan fingerprint density at radius 3 is 2.56 bits per heavy atom. The van der Waals surface area contributed by atoms with Gasteiger partial charge < -0.3 is 0 Å². The number of rotatable bonds is 2. The van der Waals surface area contributed by atoms with Gasteiger partial charge in [-0.2, -0.15) is 0 Å². The Labute approximate surface area is 117 Å². The van der Waals surface area contributed by atoms with Crippen LogP contribution in [-0.4, -0.2) is 29.0 Å². The fourth-order valence-electron chi connectivity index (χ4n) is 2.75. The molecule has 0 bridgehead atoms. The van der Waals surface area contributed by atoms with Crippen LogP contribution in [-0.2, 0) is 0 Å². The molecule has 1 aromatic heterocycles. The summed E-state index contributed by atoms with van der Waals surface area (Å²) in [5, 5.41) is 0. The first kappa shape index (κ1) is 12.4. The van der Waals surface area contributed by atoms with E-state index in [1.54, 1.807) is 5.57 Å². The molecule has 1 saturated heterocycles. The number of piperidine rings is 1. The third-order valence-electron chi connectivity index (χ3n) is 4.13. The summed E-state index contributed by atoms with van der Waals surface area (Å²) >= 11 is 3.42. The van der Waals surface area contributed by atoms with Gasteiger partial charge in [0.05, 0.1) is 5.69 Å². The monoisotopic (exact) mass is 306 g/mol. The lowest BCUT2D eigenvalue weighted by molar-refractivity contribution is 0.118. The number of halogens is 1. The average molecular weight is 307 g/mol. The standard InChI is InChI=1S/C15H19BrN2/c16-13-4-5-14(17-11-13)10-12-6-8-18(9-7-12)15-2-1-3-15/h4-5,10-11,15H,1-3,6-9H2. The molecule has 0 unspecified atom stereocenters. The highest BCUT2D eigenvalue weighted by atomic mass is 79.9.